The van der Waals surface area contributed by atoms with Gasteiger partial charge in [0.15, 0.2) is 5.03 Å². The van der Waals surface area contributed by atoms with Crippen molar-refractivity contribution in [2.45, 2.75) is 50.2 Å². The molecule has 1 unspecified atom stereocenters. The Hall–Kier alpha value is -2.20. The molecule has 1 saturated heterocycles. The maximum absolute atomic E-state index is 12.3. The van der Waals surface area contributed by atoms with Gasteiger partial charge in [0.05, 0.1) is 18.6 Å². The molecule has 0 spiro atoms. The van der Waals surface area contributed by atoms with Gasteiger partial charge in [-0.25, -0.2) is 22.8 Å². The molecule has 10 heteroatoms. The van der Waals surface area contributed by atoms with E-state index < -0.39 is 10.0 Å². The third kappa shape index (κ3) is 3.96. The van der Waals surface area contributed by atoms with Gasteiger partial charge in [-0.05, 0) is 39.2 Å². The second-order valence-electron chi connectivity index (χ2n) is 6.68. The Labute approximate surface area is 152 Å². The van der Waals surface area contributed by atoms with E-state index in [1.165, 1.54) is 23.3 Å². The largest absolute Gasteiger partial charge is 0.351 e. The van der Waals surface area contributed by atoms with Crippen LogP contribution in [0.25, 0.3) is 0 Å². The molecule has 2 aromatic heterocycles. The van der Waals surface area contributed by atoms with Gasteiger partial charge < -0.3 is 9.88 Å². The summed E-state index contributed by atoms with van der Waals surface area (Å²) in [5.74, 6) is 0.698. The summed E-state index contributed by atoms with van der Waals surface area (Å²) in [5.41, 5.74) is -0.141. The van der Waals surface area contributed by atoms with Crippen molar-refractivity contribution < 1.29 is 8.42 Å². The highest BCUT2D eigenvalue weighted by Gasteiger charge is 2.26. The fraction of sp³-hybridized carbons (Fsp3) is 0.562. The first-order valence-electron chi connectivity index (χ1n) is 8.73. The molecule has 0 saturated carbocycles. The number of rotatable bonds is 6. The molecule has 0 radical (unpaired) electrons. The Morgan fingerprint density at radius 2 is 2.15 bits per heavy atom. The lowest BCUT2D eigenvalue weighted by molar-refractivity contribution is 0.437. The first kappa shape index (κ1) is 18.6. The van der Waals surface area contributed by atoms with Crippen molar-refractivity contribution in [2.24, 2.45) is 0 Å². The maximum Gasteiger partial charge on any atom is 0.267 e. The van der Waals surface area contributed by atoms with Gasteiger partial charge in [-0.15, -0.1) is 0 Å². The molecule has 0 aromatic carbocycles. The van der Waals surface area contributed by atoms with Crippen LogP contribution in [0.5, 0.6) is 0 Å². The number of hydrogen-bond donors (Lipinski definition) is 2. The summed E-state index contributed by atoms with van der Waals surface area (Å²) in [4.78, 5) is 20.4. The number of H-pyrrole nitrogens is 1. The van der Waals surface area contributed by atoms with Crippen molar-refractivity contribution in [3.8, 4) is 0 Å². The normalized spacial score (nSPS) is 18.4. The quantitative estimate of drug-likeness (QED) is 0.769. The highest BCUT2D eigenvalue weighted by molar-refractivity contribution is 7.89. The summed E-state index contributed by atoms with van der Waals surface area (Å²) < 4.78 is 28.7. The van der Waals surface area contributed by atoms with Gasteiger partial charge in [0.25, 0.3) is 15.6 Å². The van der Waals surface area contributed by atoms with E-state index in [1.54, 1.807) is 6.07 Å². The topological polar surface area (TPSA) is 113 Å². The zero-order chi connectivity index (χ0) is 18.7. The molecule has 0 amide bonds. The highest BCUT2D eigenvalue weighted by Crippen LogP contribution is 2.22. The lowest BCUT2D eigenvalue weighted by Crippen LogP contribution is -2.47. The predicted molar refractivity (Wildman–Crippen MR) is 97.6 cm³/mol. The average Bonchev–Trinajstić information content (AvgIpc) is 3.16. The molecule has 0 aliphatic carbocycles. The van der Waals surface area contributed by atoms with Gasteiger partial charge >= 0.3 is 0 Å². The molecule has 9 nitrogen and oxygen atoms in total. The van der Waals surface area contributed by atoms with Crippen LogP contribution in [0.2, 0.25) is 0 Å². The molecule has 3 heterocycles. The van der Waals surface area contributed by atoms with E-state index in [0.29, 0.717) is 5.82 Å². The molecule has 3 rings (SSSR count). The summed E-state index contributed by atoms with van der Waals surface area (Å²) in [5, 5.41) is 4.52. The molecule has 0 bridgehead atoms. The monoisotopic (exact) mass is 380 g/mol. The van der Waals surface area contributed by atoms with E-state index in [0.717, 1.165) is 25.8 Å². The Morgan fingerprint density at radius 3 is 2.85 bits per heavy atom. The van der Waals surface area contributed by atoms with E-state index in [-0.39, 0.29) is 29.2 Å². The van der Waals surface area contributed by atoms with Crippen molar-refractivity contribution in [2.75, 3.05) is 18.0 Å². The van der Waals surface area contributed by atoms with Gasteiger partial charge in [0.2, 0.25) is 0 Å². The minimum Gasteiger partial charge on any atom is -0.351 e. The summed E-state index contributed by atoms with van der Waals surface area (Å²) in [6.45, 7) is 4.86. The lowest BCUT2D eigenvalue weighted by atomic mass is 10.0. The first-order chi connectivity index (χ1) is 12.4. The van der Waals surface area contributed by atoms with Gasteiger partial charge in [-0.2, -0.15) is 5.10 Å². The third-order valence-electron chi connectivity index (χ3n) is 4.49. The maximum atomic E-state index is 12.3. The van der Waals surface area contributed by atoms with Gasteiger partial charge in [-0.3, -0.25) is 4.79 Å². The number of piperidine rings is 1. The van der Waals surface area contributed by atoms with Crippen LogP contribution in [-0.2, 0) is 10.0 Å². The number of sulfonamides is 1. The third-order valence-corrected chi connectivity index (χ3v) is 5.84. The van der Waals surface area contributed by atoms with Gasteiger partial charge in [-0.1, -0.05) is 0 Å². The van der Waals surface area contributed by atoms with Crippen LogP contribution in [-0.4, -0.2) is 47.3 Å². The van der Waals surface area contributed by atoms with E-state index in [9.17, 15) is 13.2 Å². The van der Waals surface area contributed by atoms with E-state index in [2.05, 4.69) is 24.7 Å². The van der Waals surface area contributed by atoms with Crippen LogP contribution in [0.4, 0.5) is 5.82 Å². The Kier molecular flexibility index (Phi) is 5.42. The minimum atomic E-state index is -3.62. The van der Waals surface area contributed by atoms with Crippen molar-refractivity contribution in [1.82, 2.24) is 24.5 Å². The highest BCUT2D eigenvalue weighted by atomic mass is 32.2. The molecule has 1 atom stereocenters. The van der Waals surface area contributed by atoms with Crippen molar-refractivity contribution in [1.29, 1.82) is 0 Å². The number of anilines is 1. The molecular weight excluding hydrogens is 356 g/mol. The summed E-state index contributed by atoms with van der Waals surface area (Å²) >= 11 is 0. The minimum absolute atomic E-state index is 0.0212. The number of aromatic amines is 1. The number of hydrogen-bond acceptors (Lipinski definition) is 6. The smallest absolute Gasteiger partial charge is 0.267 e. The molecule has 2 aromatic rings. The van der Waals surface area contributed by atoms with Crippen LogP contribution in [0, 0.1) is 0 Å². The number of nitrogens with zero attached hydrogens (tertiary/aromatic N) is 4. The fourth-order valence-electron chi connectivity index (χ4n) is 3.13. The summed E-state index contributed by atoms with van der Waals surface area (Å²) in [6.07, 6.45) is 5.50. The van der Waals surface area contributed by atoms with Gasteiger partial charge in [0.1, 0.15) is 5.82 Å². The molecular formula is C16H24N6O3S. The Balaban J connectivity index is 1.78. The SMILES string of the molecule is CC(C)n1nc(N2CCCCC2CNS(=O)(=O)c2cnc[nH]2)ccc1=O. The number of aromatic nitrogens is 4. The van der Waals surface area contributed by atoms with E-state index >= 15 is 0 Å². The van der Waals surface area contributed by atoms with Crippen molar-refractivity contribution in [3.05, 3.63) is 35.0 Å². The molecule has 26 heavy (non-hydrogen) atoms. The van der Waals surface area contributed by atoms with E-state index in [1.807, 2.05) is 13.8 Å². The van der Waals surface area contributed by atoms with Crippen LogP contribution >= 0.6 is 0 Å². The van der Waals surface area contributed by atoms with Crippen molar-refractivity contribution in [3.63, 3.8) is 0 Å². The first-order valence-corrected chi connectivity index (χ1v) is 10.2. The molecule has 142 valence electrons. The summed E-state index contributed by atoms with van der Waals surface area (Å²) in [7, 11) is -3.62. The van der Waals surface area contributed by atoms with Gasteiger partial charge in [0, 0.05) is 25.2 Å². The molecule has 1 aliphatic heterocycles. The van der Waals surface area contributed by atoms with Crippen LogP contribution in [0.1, 0.15) is 39.2 Å². The standard InChI is InChI=1S/C16H24N6O3S/c1-12(2)22-16(23)7-6-14(20-22)21-8-4-3-5-13(21)9-19-26(24,25)15-10-17-11-18-15/h6-7,10-13,19H,3-5,8-9H2,1-2H3,(H,17,18). The zero-order valence-electron chi connectivity index (χ0n) is 14.9. The average molecular weight is 380 g/mol. The fourth-order valence-corrected chi connectivity index (χ4v) is 4.10. The molecule has 1 aliphatic rings. The molecule has 1 fully saturated rings. The van der Waals surface area contributed by atoms with Crippen molar-refractivity contribution >= 4 is 15.8 Å². The summed E-state index contributed by atoms with van der Waals surface area (Å²) in [6, 6.07) is 3.17. The molecule has 2 N–H and O–H groups in total. The van der Waals surface area contributed by atoms with Crippen LogP contribution in [0.3, 0.4) is 0 Å². The van der Waals surface area contributed by atoms with E-state index in [4.69, 9.17) is 0 Å². The van der Waals surface area contributed by atoms with Crippen LogP contribution < -0.4 is 15.2 Å². The zero-order valence-corrected chi connectivity index (χ0v) is 15.7. The Morgan fingerprint density at radius 1 is 1.35 bits per heavy atom. The Bertz CT molecular complexity index is 891. The number of imidazole rings is 1. The van der Waals surface area contributed by atoms with Crippen LogP contribution in [0.15, 0.2) is 34.5 Å². The number of nitrogens with one attached hydrogen (secondary N) is 2. The second-order valence-corrected chi connectivity index (χ2v) is 8.41. The lowest BCUT2D eigenvalue weighted by Gasteiger charge is -2.36. The predicted octanol–water partition coefficient (Wildman–Crippen LogP) is 0.885. The second kappa shape index (κ2) is 7.58.